The summed E-state index contributed by atoms with van der Waals surface area (Å²) in [6, 6.07) is 3.66. The van der Waals surface area contributed by atoms with Gasteiger partial charge in [-0.2, -0.15) is 0 Å². The molecule has 0 radical (unpaired) electrons. The van der Waals surface area contributed by atoms with Crippen LogP contribution in [0, 0.1) is 0 Å². The largest absolute Gasteiger partial charge is 0.318 e. The van der Waals surface area contributed by atoms with Crippen molar-refractivity contribution in [1.82, 2.24) is 15.0 Å². The minimum Gasteiger partial charge on any atom is -0.318 e. The fourth-order valence-electron chi connectivity index (χ4n) is 1.64. The van der Waals surface area contributed by atoms with Crippen molar-refractivity contribution < 1.29 is 0 Å². The van der Waals surface area contributed by atoms with E-state index in [9.17, 15) is 0 Å². The van der Waals surface area contributed by atoms with Gasteiger partial charge in [-0.1, -0.05) is 13.0 Å². The maximum Gasteiger partial charge on any atom is 0.0918 e. The summed E-state index contributed by atoms with van der Waals surface area (Å²) in [6.45, 7) is 2.09. The van der Waals surface area contributed by atoms with Crippen LogP contribution in [0.3, 0.4) is 0 Å². The fraction of sp³-hybridized carbons (Fsp3) is 0.250. The van der Waals surface area contributed by atoms with Crippen molar-refractivity contribution in [2.75, 3.05) is 0 Å². The van der Waals surface area contributed by atoms with Crippen LogP contribution in [0.4, 0.5) is 0 Å². The molecule has 2 aromatic heterocycles. The summed E-state index contributed by atoms with van der Waals surface area (Å²) in [7, 11) is 0. The van der Waals surface area contributed by atoms with Crippen LogP contribution >= 0.6 is 0 Å². The number of hydrogen-bond acceptors (Lipinski definition) is 4. The summed E-state index contributed by atoms with van der Waals surface area (Å²) in [5, 5.41) is 0. The molecule has 2 N–H and O–H groups in total. The number of nitrogens with zero attached hydrogens (tertiary/aromatic N) is 3. The maximum absolute atomic E-state index is 6.13. The van der Waals surface area contributed by atoms with E-state index in [0.717, 1.165) is 23.4 Å². The third-order valence-electron chi connectivity index (χ3n) is 2.50. The zero-order chi connectivity index (χ0) is 11.4. The predicted octanol–water partition coefficient (Wildman–Crippen LogP) is 1.48. The zero-order valence-electron chi connectivity index (χ0n) is 9.17. The molecule has 82 valence electrons. The van der Waals surface area contributed by atoms with Gasteiger partial charge in [0.05, 0.1) is 23.6 Å². The molecule has 0 aliphatic rings. The maximum atomic E-state index is 6.13. The van der Waals surface area contributed by atoms with Crippen LogP contribution in [-0.4, -0.2) is 15.0 Å². The summed E-state index contributed by atoms with van der Waals surface area (Å²) < 4.78 is 0. The van der Waals surface area contributed by atoms with Gasteiger partial charge in [0.2, 0.25) is 0 Å². The lowest BCUT2D eigenvalue weighted by Crippen LogP contribution is -2.17. The molecule has 0 saturated carbocycles. The van der Waals surface area contributed by atoms with Crippen LogP contribution in [0.25, 0.3) is 0 Å². The van der Waals surface area contributed by atoms with Crippen LogP contribution in [-0.2, 0) is 6.42 Å². The predicted molar refractivity (Wildman–Crippen MR) is 61.7 cm³/mol. The number of aryl methyl sites for hydroxylation is 1. The number of aromatic nitrogens is 3. The monoisotopic (exact) mass is 214 g/mol. The van der Waals surface area contributed by atoms with Crippen LogP contribution in [0.1, 0.15) is 29.9 Å². The normalized spacial score (nSPS) is 12.4. The molecule has 4 nitrogen and oxygen atoms in total. The lowest BCUT2D eigenvalue weighted by Gasteiger charge is -2.13. The van der Waals surface area contributed by atoms with Gasteiger partial charge < -0.3 is 5.73 Å². The summed E-state index contributed by atoms with van der Waals surface area (Å²) in [5.41, 5.74) is 8.91. The molecule has 0 saturated heterocycles. The second-order valence-corrected chi connectivity index (χ2v) is 3.51. The molecular formula is C12H14N4. The average Bonchev–Trinajstić information content (AvgIpc) is 2.39. The van der Waals surface area contributed by atoms with Crippen molar-refractivity contribution in [2.45, 2.75) is 19.4 Å². The van der Waals surface area contributed by atoms with Crippen LogP contribution in [0.2, 0.25) is 0 Å². The van der Waals surface area contributed by atoms with Gasteiger partial charge in [-0.3, -0.25) is 15.0 Å². The van der Waals surface area contributed by atoms with Gasteiger partial charge in [0.15, 0.2) is 0 Å². The summed E-state index contributed by atoms with van der Waals surface area (Å²) in [6.07, 6.45) is 7.62. The SMILES string of the molecule is CCc1cccnc1C(N)c1cnccn1. The summed E-state index contributed by atoms with van der Waals surface area (Å²) in [4.78, 5) is 12.6. The zero-order valence-corrected chi connectivity index (χ0v) is 9.17. The van der Waals surface area contributed by atoms with Gasteiger partial charge >= 0.3 is 0 Å². The van der Waals surface area contributed by atoms with E-state index in [-0.39, 0.29) is 6.04 Å². The highest BCUT2D eigenvalue weighted by molar-refractivity contribution is 5.27. The Hall–Kier alpha value is -1.81. The minimum absolute atomic E-state index is 0.301. The second-order valence-electron chi connectivity index (χ2n) is 3.51. The van der Waals surface area contributed by atoms with Crippen molar-refractivity contribution in [3.63, 3.8) is 0 Å². The van der Waals surface area contributed by atoms with Crippen molar-refractivity contribution in [3.8, 4) is 0 Å². The lowest BCUT2D eigenvalue weighted by molar-refractivity contribution is 0.769. The molecule has 2 rings (SSSR count). The molecule has 0 fully saturated rings. The topological polar surface area (TPSA) is 64.7 Å². The Morgan fingerprint density at radius 3 is 2.81 bits per heavy atom. The van der Waals surface area contributed by atoms with Crippen molar-refractivity contribution in [1.29, 1.82) is 0 Å². The average molecular weight is 214 g/mol. The van der Waals surface area contributed by atoms with Gasteiger partial charge in [0, 0.05) is 18.6 Å². The van der Waals surface area contributed by atoms with Crippen molar-refractivity contribution >= 4 is 0 Å². The van der Waals surface area contributed by atoms with E-state index in [0.29, 0.717) is 0 Å². The third-order valence-corrected chi connectivity index (χ3v) is 2.50. The van der Waals surface area contributed by atoms with Crippen molar-refractivity contribution in [3.05, 3.63) is 53.9 Å². The molecular weight excluding hydrogens is 200 g/mol. The van der Waals surface area contributed by atoms with Crippen LogP contribution < -0.4 is 5.73 Å². The molecule has 1 unspecified atom stereocenters. The minimum atomic E-state index is -0.301. The lowest BCUT2D eigenvalue weighted by atomic mass is 10.0. The van der Waals surface area contributed by atoms with E-state index >= 15 is 0 Å². The van der Waals surface area contributed by atoms with Gasteiger partial charge in [-0.15, -0.1) is 0 Å². The van der Waals surface area contributed by atoms with Gasteiger partial charge in [-0.25, -0.2) is 0 Å². The quantitative estimate of drug-likeness (QED) is 0.840. The molecule has 0 bridgehead atoms. The molecule has 4 heteroatoms. The van der Waals surface area contributed by atoms with Gasteiger partial charge in [0.25, 0.3) is 0 Å². The van der Waals surface area contributed by atoms with E-state index in [1.165, 1.54) is 0 Å². The fourth-order valence-corrected chi connectivity index (χ4v) is 1.64. The molecule has 2 heterocycles. The molecule has 0 aliphatic heterocycles. The standard InChI is InChI=1S/C12H14N4/c1-2-9-4-3-5-16-12(9)11(13)10-8-14-6-7-15-10/h3-8,11H,2,13H2,1H3. The number of rotatable bonds is 3. The molecule has 1 atom stereocenters. The smallest absolute Gasteiger partial charge is 0.0918 e. The number of hydrogen-bond donors (Lipinski definition) is 1. The highest BCUT2D eigenvalue weighted by Gasteiger charge is 2.14. The Morgan fingerprint density at radius 2 is 2.12 bits per heavy atom. The Morgan fingerprint density at radius 1 is 1.25 bits per heavy atom. The van der Waals surface area contributed by atoms with E-state index in [2.05, 4.69) is 21.9 Å². The van der Waals surface area contributed by atoms with E-state index in [4.69, 9.17) is 5.73 Å². The molecule has 0 aromatic carbocycles. The number of pyridine rings is 1. The Bertz CT molecular complexity index is 456. The number of nitrogens with two attached hydrogens (primary N) is 1. The van der Waals surface area contributed by atoms with Gasteiger partial charge in [0.1, 0.15) is 0 Å². The first-order valence-electron chi connectivity index (χ1n) is 5.28. The van der Waals surface area contributed by atoms with Crippen molar-refractivity contribution in [2.24, 2.45) is 5.73 Å². The summed E-state index contributed by atoms with van der Waals surface area (Å²) in [5.74, 6) is 0. The first-order valence-corrected chi connectivity index (χ1v) is 5.28. The van der Waals surface area contributed by atoms with E-state index < -0.39 is 0 Å². The molecule has 0 spiro atoms. The highest BCUT2D eigenvalue weighted by atomic mass is 14.9. The Labute approximate surface area is 94.6 Å². The second kappa shape index (κ2) is 4.81. The highest BCUT2D eigenvalue weighted by Crippen LogP contribution is 2.18. The molecule has 2 aromatic rings. The van der Waals surface area contributed by atoms with E-state index in [1.54, 1.807) is 24.8 Å². The van der Waals surface area contributed by atoms with Crippen LogP contribution in [0.5, 0.6) is 0 Å². The summed E-state index contributed by atoms with van der Waals surface area (Å²) >= 11 is 0. The first kappa shape index (κ1) is 10.7. The van der Waals surface area contributed by atoms with Gasteiger partial charge in [-0.05, 0) is 18.1 Å². The first-order chi connectivity index (χ1) is 7.83. The Kier molecular flexibility index (Phi) is 3.22. The third kappa shape index (κ3) is 2.06. The van der Waals surface area contributed by atoms with E-state index in [1.807, 2.05) is 12.1 Å². The molecule has 16 heavy (non-hydrogen) atoms. The molecule has 0 aliphatic carbocycles. The molecule has 0 amide bonds. The Balaban J connectivity index is 2.37. The van der Waals surface area contributed by atoms with Crippen LogP contribution in [0.15, 0.2) is 36.9 Å².